The highest BCUT2D eigenvalue weighted by Gasteiger charge is 2.89. The quantitative estimate of drug-likeness (QED) is 0.243. The summed E-state index contributed by atoms with van der Waals surface area (Å²) in [5, 5.41) is 30.8. The molecule has 8 aliphatic rings. The van der Waals surface area contributed by atoms with Gasteiger partial charge in [0.25, 0.3) is 0 Å². The molecular formula is C35H54O8. The van der Waals surface area contributed by atoms with Gasteiger partial charge in [-0.05, 0) is 91.3 Å². The van der Waals surface area contributed by atoms with E-state index in [2.05, 4.69) is 48.5 Å². The van der Waals surface area contributed by atoms with Crippen molar-refractivity contribution in [2.24, 2.45) is 50.2 Å². The van der Waals surface area contributed by atoms with E-state index < -0.39 is 30.2 Å². The second-order valence-electron chi connectivity index (χ2n) is 18.3. The van der Waals surface area contributed by atoms with E-state index in [-0.39, 0.29) is 69.3 Å². The highest BCUT2D eigenvalue weighted by molar-refractivity contribution is 5.82. The van der Waals surface area contributed by atoms with Gasteiger partial charge < -0.3 is 34.3 Å². The van der Waals surface area contributed by atoms with Crippen LogP contribution in [0.4, 0.5) is 0 Å². The van der Waals surface area contributed by atoms with Gasteiger partial charge in [0.05, 0.1) is 24.2 Å². The Kier molecular flexibility index (Phi) is 5.90. The highest BCUT2D eigenvalue weighted by Crippen LogP contribution is 2.83. The number of hydrogen-bond acceptors (Lipinski definition) is 8. The van der Waals surface area contributed by atoms with Gasteiger partial charge in [0.2, 0.25) is 0 Å². The fraction of sp³-hybridized carbons (Fsp3) is 0.971. The monoisotopic (exact) mass is 602 g/mol. The standard InChI is InChI=1S/C35H54O8/c1-29(2)12-14-34-15-13-33(7)32(6)11-8-19-30(3,4)21(41-27-23(38)22(37)18(36)17-40-27)9-10-31(19,5)25(32)24-26(42-24)35(33,20(34)16-29)43-28(34)39/h18-27,36-38H,8-17H2,1-7H3/t18-,19?,20?,21+,22+,23-,24+,25?,26+,27+,31+,32-,33+,34+,35-/m1/s1. The average Bonchev–Trinajstić information content (AvgIpc) is 3.68. The fourth-order valence-electron chi connectivity index (χ4n) is 13.4. The lowest BCUT2D eigenvalue weighted by Crippen LogP contribution is -2.75. The Hall–Kier alpha value is -0.770. The van der Waals surface area contributed by atoms with Crippen molar-refractivity contribution in [2.45, 2.75) is 155 Å². The third kappa shape index (κ3) is 3.32. The van der Waals surface area contributed by atoms with Gasteiger partial charge in [0, 0.05) is 11.3 Å². The van der Waals surface area contributed by atoms with Gasteiger partial charge in [-0.1, -0.05) is 48.5 Å². The highest BCUT2D eigenvalue weighted by atomic mass is 16.7. The van der Waals surface area contributed by atoms with E-state index in [0.29, 0.717) is 11.8 Å². The van der Waals surface area contributed by atoms with Crippen molar-refractivity contribution in [3.63, 3.8) is 0 Å². The predicted molar refractivity (Wildman–Crippen MR) is 156 cm³/mol. The summed E-state index contributed by atoms with van der Waals surface area (Å²) in [6.07, 6.45) is 4.27. The van der Waals surface area contributed by atoms with Crippen LogP contribution in [0.3, 0.4) is 0 Å². The van der Waals surface area contributed by atoms with Crippen LogP contribution < -0.4 is 0 Å². The number of carbonyl (C=O) groups is 1. The Bertz CT molecular complexity index is 1220. The number of aliphatic hydroxyl groups is 3. The van der Waals surface area contributed by atoms with Crippen LogP contribution in [-0.2, 0) is 23.7 Å². The minimum Gasteiger partial charge on any atom is -0.455 e. The van der Waals surface area contributed by atoms with Gasteiger partial charge >= 0.3 is 5.97 Å². The zero-order valence-corrected chi connectivity index (χ0v) is 27.2. The van der Waals surface area contributed by atoms with Crippen molar-refractivity contribution in [1.29, 1.82) is 0 Å². The number of fused-ring (bicyclic) bond motifs is 6. The van der Waals surface area contributed by atoms with E-state index in [4.69, 9.17) is 18.9 Å². The molecule has 0 aromatic heterocycles. The topological polar surface area (TPSA) is 118 Å². The van der Waals surface area contributed by atoms with E-state index in [1.165, 1.54) is 0 Å². The minimum absolute atomic E-state index is 0.0190. The van der Waals surface area contributed by atoms with Crippen LogP contribution in [0.1, 0.15) is 106 Å². The van der Waals surface area contributed by atoms with Crippen LogP contribution in [0.5, 0.6) is 0 Å². The van der Waals surface area contributed by atoms with Crippen LogP contribution in [0.2, 0.25) is 0 Å². The Labute approximate surface area is 256 Å². The van der Waals surface area contributed by atoms with Gasteiger partial charge in [-0.3, -0.25) is 4.79 Å². The van der Waals surface area contributed by atoms with Crippen LogP contribution in [0.25, 0.3) is 0 Å². The third-order valence-corrected chi connectivity index (χ3v) is 15.9. The molecule has 8 fully saturated rings. The van der Waals surface area contributed by atoms with Crippen molar-refractivity contribution in [3.05, 3.63) is 0 Å². The minimum atomic E-state index is -1.28. The zero-order valence-electron chi connectivity index (χ0n) is 27.2. The Morgan fingerprint density at radius 1 is 0.837 bits per heavy atom. The number of aliphatic hydroxyl groups excluding tert-OH is 3. The summed E-state index contributed by atoms with van der Waals surface area (Å²) >= 11 is 0. The number of carbonyl (C=O) groups excluding carboxylic acids is 1. The second kappa shape index (κ2) is 8.57. The van der Waals surface area contributed by atoms with Gasteiger partial charge in [-0.2, -0.15) is 0 Å². The Balaban J connectivity index is 1.13. The fourth-order valence-corrected chi connectivity index (χ4v) is 13.4. The predicted octanol–water partition coefficient (Wildman–Crippen LogP) is 4.36. The first-order chi connectivity index (χ1) is 20.0. The van der Waals surface area contributed by atoms with Crippen LogP contribution in [0.15, 0.2) is 0 Å². The molecule has 0 aromatic rings. The lowest BCUT2D eigenvalue weighted by Gasteiger charge is -2.72. The molecule has 5 saturated carbocycles. The molecule has 3 heterocycles. The molecule has 8 rings (SSSR count). The van der Waals surface area contributed by atoms with Crippen LogP contribution in [0, 0.1) is 50.2 Å². The molecule has 2 bridgehead atoms. The van der Waals surface area contributed by atoms with Crippen molar-refractivity contribution in [3.8, 4) is 0 Å². The van der Waals surface area contributed by atoms with Crippen molar-refractivity contribution < 1.29 is 39.1 Å². The maximum absolute atomic E-state index is 13.9. The SMILES string of the molecule is CC1(C)CC[C@@]23CC[C@]4(C)[C@@](OC2=O)(C3C1)[C@H]1O[C@H]1C1[C@@]2(C)CC[C@H](O[C@@H]3OC[C@@H](O)[C@H](O)[C@H]3O)C(C)(C)C2CC[C@]14C. The molecule has 43 heavy (non-hydrogen) atoms. The Morgan fingerprint density at radius 2 is 1.56 bits per heavy atom. The molecule has 15 atom stereocenters. The van der Waals surface area contributed by atoms with Crippen molar-refractivity contribution in [1.82, 2.24) is 0 Å². The van der Waals surface area contributed by atoms with Gasteiger partial charge in [0.15, 0.2) is 11.9 Å². The van der Waals surface area contributed by atoms with Gasteiger partial charge in [-0.15, -0.1) is 0 Å². The molecule has 3 N–H and O–H groups in total. The molecule has 1 spiro atoms. The van der Waals surface area contributed by atoms with Crippen LogP contribution in [-0.4, -0.2) is 76.4 Å². The summed E-state index contributed by atoms with van der Waals surface area (Å²) in [5.74, 6) is 1.02. The summed E-state index contributed by atoms with van der Waals surface area (Å²) in [5.41, 5.74) is -1.03. The molecule has 3 aliphatic heterocycles. The molecule has 5 aliphatic carbocycles. The molecule has 0 radical (unpaired) electrons. The second-order valence-corrected chi connectivity index (χ2v) is 18.3. The zero-order chi connectivity index (χ0) is 30.8. The van der Waals surface area contributed by atoms with Gasteiger partial charge in [0.1, 0.15) is 24.4 Å². The average molecular weight is 603 g/mol. The first kappa shape index (κ1) is 29.6. The number of ether oxygens (including phenoxy) is 4. The van der Waals surface area contributed by atoms with Crippen LogP contribution >= 0.6 is 0 Å². The van der Waals surface area contributed by atoms with Crippen molar-refractivity contribution in [2.75, 3.05) is 6.61 Å². The maximum atomic E-state index is 13.9. The molecule has 8 heteroatoms. The summed E-state index contributed by atoms with van der Waals surface area (Å²) in [6, 6.07) is 0. The molecule has 242 valence electrons. The summed E-state index contributed by atoms with van der Waals surface area (Å²) in [4.78, 5) is 13.9. The summed E-state index contributed by atoms with van der Waals surface area (Å²) in [6.45, 7) is 16.8. The number of esters is 1. The normalized spacial score (nSPS) is 60.8. The molecule has 0 aromatic carbocycles. The third-order valence-electron chi connectivity index (χ3n) is 15.9. The smallest absolute Gasteiger partial charge is 0.313 e. The summed E-state index contributed by atoms with van der Waals surface area (Å²) in [7, 11) is 0. The molecule has 0 amide bonds. The van der Waals surface area contributed by atoms with E-state index in [9.17, 15) is 20.1 Å². The first-order valence-electron chi connectivity index (χ1n) is 17.2. The first-order valence-corrected chi connectivity index (χ1v) is 17.2. The lowest BCUT2D eigenvalue weighted by atomic mass is 9.31. The van der Waals surface area contributed by atoms with E-state index in [1.807, 2.05) is 0 Å². The van der Waals surface area contributed by atoms with Crippen molar-refractivity contribution >= 4 is 5.97 Å². The largest absolute Gasteiger partial charge is 0.455 e. The molecule has 8 nitrogen and oxygen atoms in total. The van der Waals surface area contributed by atoms with E-state index in [0.717, 1.165) is 57.8 Å². The number of epoxide rings is 1. The Morgan fingerprint density at radius 3 is 2.30 bits per heavy atom. The van der Waals surface area contributed by atoms with E-state index >= 15 is 0 Å². The maximum Gasteiger partial charge on any atom is 0.313 e. The lowest BCUT2D eigenvalue weighted by molar-refractivity contribution is -0.314. The number of rotatable bonds is 2. The molecule has 3 saturated heterocycles. The van der Waals surface area contributed by atoms with Gasteiger partial charge in [-0.25, -0.2) is 0 Å². The van der Waals surface area contributed by atoms with E-state index in [1.54, 1.807) is 0 Å². The number of hydrogen-bond donors (Lipinski definition) is 3. The molecular weight excluding hydrogens is 548 g/mol. The molecule has 3 unspecified atom stereocenters. The summed E-state index contributed by atoms with van der Waals surface area (Å²) < 4.78 is 25.9.